The van der Waals surface area contributed by atoms with Crippen LogP contribution in [0.2, 0.25) is 0 Å². The molecule has 6 heteroatoms. The molecule has 1 atom stereocenters. The van der Waals surface area contributed by atoms with E-state index in [1.165, 1.54) is 6.08 Å². The summed E-state index contributed by atoms with van der Waals surface area (Å²) < 4.78 is 0. The van der Waals surface area contributed by atoms with Crippen molar-refractivity contribution < 1.29 is 14.4 Å². The highest BCUT2D eigenvalue weighted by Crippen LogP contribution is 2.14. The maximum Gasteiger partial charge on any atom is 0.251 e. The number of hydrogen-bond acceptors (Lipinski definition) is 3. The summed E-state index contributed by atoms with van der Waals surface area (Å²) in [6, 6.07) is 0. The van der Waals surface area contributed by atoms with Crippen molar-refractivity contribution in [3.05, 3.63) is 24.4 Å². The van der Waals surface area contributed by atoms with E-state index in [4.69, 9.17) is 0 Å². The normalized spacial score (nSPS) is 13.0. The summed E-state index contributed by atoms with van der Waals surface area (Å²) in [6.07, 6.45) is 6.07. The number of hydrogen-bond donors (Lipinski definition) is 1. The molecule has 2 amide bonds. The van der Waals surface area contributed by atoms with Crippen molar-refractivity contribution in [3.8, 4) is 0 Å². The Balaban J connectivity index is 0.00000191. The van der Waals surface area contributed by atoms with Gasteiger partial charge in [0.05, 0.1) is 6.54 Å². The molecule has 1 rings (SSSR count). The molecule has 0 fully saturated rings. The predicted molar refractivity (Wildman–Crippen MR) is 87.5 cm³/mol. The van der Waals surface area contributed by atoms with E-state index in [9.17, 15) is 14.4 Å². The summed E-state index contributed by atoms with van der Waals surface area (Å²) in [7, 11) is 2.02. The van der Waals surface area contributed by atoms with Crippen molar-refractivity contribution in [1.82, 2.24) is 10.2 Å². The van der Waals surface area contributed by atoms with Crippen LogP contribution in [0.1, 0.15) is 39.5 Å². The van der Waals surface area contributed by atoms with Crippen LogP contribution in [0.3, 0.4) is 0 Å². The Labute approximate surface area is 129 Å². The van der Waals surface area contributed by atoms with Crippen molar-refractivity contribution in [2.24, 2.45) is 0 Å². The van der Waals surface area contributed by atoms with E-state index in [1.807, 2.05) is 23.1 Å². The van der Waals surface area contributed by atoms with Gasteiger partial charge < -0.3 is 10.2 Å². The van der Waals surface area contributed by atoms with Gasteiger partial charge in [-0.1, -0.05) is 36.1 Å². The Bertz CT molecular complexity index is 401. The first-order chi connectivity index (χ1) is 10.0. The SMILES string of the molecule is C=C1C=CC(=O)N1CCCCCC(=O)NCC(=O)P.CC. The van der Waals surface area contributed by atoms with Crippen LogP contribution < -0.4 is 5.32 Å². The Morgan fingerprint density at radius 1 is 1.24 bits per heavy atom. The fourth-order valence-electron chi connectivity index (χ4n) is 1.75. The van der Waals surface area contributed by atoms with E-state index >= 15 is 0 Å². The molecule has 118 valence electrons. The number of carbonyl (C=O) groups excluding carboxylic acids is 3. The maximum absolute atomic E-state index is 11.4. The molecule has 21 heavy (non-hydrogen) atoms. The van der Waals surface area contributed by atoms with Crippen LogP contribution in [0.5, 0.6) is 0 Å². The zero-order chi connectivity index (χ0) is 16.3. The van der Waals surface area contributed by atoms with Gasteiger partial charge in [0.1, 0.15) is 0 Å². The average Bonchev–Trinajstić information content (AvgIpc) is 2.78. The quantitative estimate of drug-likeness (QED) is 0.551. The van der Waals surface area contributed by atoms with Gasteiger partial charge in [-0.2, -0.15) is 0 Å². The highest BCUT2D eigenvalue weighted by atomic mass is 31.0. The van der Waals surface area contributed by atoms with Crippen molar-refractivity contribution >= 4 is 26.6 Å². The summed E-state index contributed by atoms with van der Waals surface area (Å²) in [4.78, 5) is 35.0. The molecule has 5 nitrogen and oxygen atoms in total. The summed E-state index contributed by atoms with van der Waals surface area (Å²) >= 11 is 0. The Morgan fingerprint density at radius 3 is 2.43 bits per heavy atom. The fourth-order valence-corrected chi connectivity index (χ4v) is 1.85. The monoisotopic (exact) mass is 312 g/mol. The molecule has 0 spiro atoms. The molecule has 0 radical (unpaired) electrons. The Kier molecular flexibility index (Phi) is 10.4. The second kappa shape index (κ2) is 11.2. The van der Waals surface area contributed by atoms with Gasteiger partial charge in [0, 0.05) is 24.7 Å². The van der Waals surface area contributed by atoms with Crippen LogP contribution in [0, 0.1) is 0 Å². The maximum atomic E-state index is 11.4. The van der Waals surface area contributed by atoms with Crippen LogP contribution in [0.15, 0.2) is 24.4 Å². The standard InChI is InChI=1S/C13H19N2O3P.C2H6/c1-10-6-7-12(17)15(10)8-4-2-3-5-11(16)14-9-13(18)19;1-2/h6-7H,1-5,8-9,19H2,(H,14,16);1-2H3. The molecule has 1 heterocycles. The molecule has 0 aromatic carbocycles. The number of nitrogens with one attached hydrogen (secondary N) is 1. The first-order valence-electron chi connectivity index (χ1n) is 7.24. The van der Waals surface area contributed by atoms with Crippen molar-refractivity contribution in [1.29, 1.82) is 0 Å². The lowest BCUT2D eigenvalue weighted by Gasteiger charge is -2.16. The molecule has 0 aromatic heterocycles. The van der Waals surface area contributed by atoms with Crippen molar-refractivity contribution in [2.75, 3.05) is 13.1 Å². The first-order valence-corrected chi connectivity index (χ1v) is 7.82. The lowest BCUT2D eigenvalue weighted by Crippen LogP contribution is -2.27. The molecule has 1 aliphatic rings. The molecule has 0 aliphatic carbocycles. The number of allylic oxidation sites excluding steroid dienone is 1. The molecule has 0 bridgehead atoms. The predicted octanol–water partition coefficient (Wildman–Crippen LogP) is 2.00. The van der Waals surface area contributed by atoms with E-state index in [1.54, 1.807) is 11.0 Å². The summed E-state index contributed by atoms with van der Waals surface area (Å²) in [6.45, 7) is 8.48. The van der Waals surface area contributed by atoms with Gasteiger partial charge in [-0.3, -0.25) is 14.4 Å². The van der Waals surface area contributed by atoms with Crippen molar-refractivity contribution in [2.45, 2.75) is 39.5 Å². The van der Waals surface area contributed by atoms with E-state index < -0.39 is 0 Å². The lowest BCUT2D eigenvalue weighted by atomic mass is 10.2. The number of amides is 2. The highest BCUT2D eigenvalue weighted by Gasteiger charge is 2.17. The smallest absolute Gasteiger partial charge is 0.251 e. The third kappa shape index (κ3) is 8.41. The van der Waals surface area contributed by atoms with E-state index in [2.05, 4.69) is 11.9 Å². The topological polar surface area (TPSA) is 66.5 Å². The molecular weight excluding hydrogens is 287 g/mol. The molecule has 0 saturated heterocycles. The van der Waals surface area contributed by atoms with Crippen LogP contribution >= 0.6 is 9.24 Å². The number of unbranched alkanes of at least 4 members (excludes halogenated alkanes) is 2. The Hall–Kier alpha value is -1.48. The molecule has 0 aromatic rings. The summed E-state index contributed by atoms with van der Waals surface area (Å²) in [5, 5.41) is 2.53. The van der Waals surface area contributed by atoms with Crippen LogP contribution in [0.25, 0.3) is 0 Å². The van der Waals surface area contributed by atoms with Crippen molar-refractivity contribution in [3.63, 3.8) is 0 Å². The minimum absolute atomic E-state index is 0.0262. The second-order valence-electron chi connectivity index (χ2n) is 4.37. The van der Waals surface area contributed by atoms with Gasteiger partial charge in [0.2, 0.25) is 5.91 Å². The zero-order valence-corrected chi connectivity index (χ0v) is 14.0. The largest absolute Gasteiger partial charge is 0.349 e. The Morgan fingerprint density at radius 2 is 1.90 bits per heavy atom. The first kappa shape index (κ1) is 19.5. The van der Waals surface area contributed by atoms with Gasteiger partial charge >= 0.3 is 0 Å². The minimum atomic E-state index is -0.132. The summed E-state index contributed by atoms with van der Waals surface area (Å²) in [5.74, 6) is -0.138. The number of carbonyl (C=O) groups is 3. The number of nitrogens with zero attached hydrogens (tertiary/aromatic N) is 1. The molecule has 1 unspecified atom stereocenters. The molecular formula is C15H25N2O3P. The molecule has 0 saturated carbocycles. The van der Waals surface area contributed by atoms with Gasteiger partial charge in [-0.15, -0.1) is 0 Å². The van der Waals surface area contributed by atoms with Gasteiger partial charge in [0.15, 0.2) is 5.52 Å². The van der Waals surface area contributed by atoms with E-state index in [0.717, 1.165) is 25.0 Å². The van der Waals surface area contributed by atoms with E-state index in [-0.39, 0.29) is 23.9 Å². The third-order valence-electron chi connectivity index (χ3n) is 2.78. The van der Waals surface area contributed by atoms with Crippen LogP contribution in [-0.2, 0) is 14.4 Å². The van der Waals surface area contributed by atoms with Gasteiger partial charge in [-0.05, 0) is 18.9 Å². The minimum Gasteiger partial charge on any atom is -0.349 e. The summed E-state index contributed by atoms with van der Waals surface area (Å²) in [5.41, 5.74) is 0.591. The van der Waals surface area contributed by atoms with E-state index in [0.29, 0.717) is 13.0 Å². The van der Waals surface area contributed by atoms with Gasteiger partial charge in [0.25, 0.3) is 5.91 Å². The fraction of sp³-hybridized carbons (Fsp3) is 0.533. The lowest BCUT2D eigenvalue weighted by molar-refractivity contribution is -0.124. The highest BCUT2D eigenvalue weighted by molar-refractivity contribution is 7.40. The molecule has 1 N–H and O–H groups in total. The van der Waals surface area contributed by atoms with Crippen LogP contribution in [-0.4, -0.2) is 35.3 Å². The average molecular weight is 312 g/mol. The third-order valence-corrected chi connectivity index (χ3v) is 2.98. The molecule has 1 aliphatic heterocycles. The van der Waals surface area contributed by atoms with Crippen LogP contribution in [0.4, 0.5) is 0 Å². The zero-order valence-electron chi connectivity index (χ0n) is 12.9. The number of rotatable bonds is 8. The van der Waals surface area contributed by atoms with Gasteiger partial charge in [-0.25, -0.2) is 0 Å². The second-order valence-corrected chi connectivity index (χ2v) is 5.01.